The molecule has 0 spiro atoms. The molecule has 0 saturated carbocycles. The van der Waals surface area contributed by atoms with Crippen LogP contribution >= 0.6 is 0 Å². The van der Waals surface area contributed by atoms with E-state index in [2.05, 4.69) is 0 Å². The van der Waals surface area contributed by atoms with E-state index in [1.165, 1.54) is 13.2 Å². The average Bonchev–Trinajstić information content (AvgIpc) is 2.27. The van der Waals surface area contributed by atoms with Gasteiger partial charge in [0.15, 0.2) is 0 Å². The van der Waals surface area contributed by atoms with Crippen LogP contribution in [0.4, 0.5) is 0 Å². The molecule has 0 aromatic heterocycles. The molecule has 0 amide bonds. The van der Waals surface area contributed by atoms with Gasteiger partial charge in [-0.05, 0) is 26.0 Å². The van der Waals surface area contributed by atoms with E-state index < -0.39 is 11.8 Å². The van der Waals surface area contributed by atoms with Crippen molar-refractivity contribution in [1.82, 2.24) is 0 Å². The zero-order valence-electron chi connectivity index (χ0n) is 9.52. The minimum atomic E-state index is -0.862. The Labute approximate surface area is 94.2 Å². The summed E-state index contributed by atoms with van der Waals surface area (Å²) in [6, 6.07) is 6.54. The number of Topliss-reactive ketones (excluding diaryl/α,β-unsaturated/α-hetero) is 1. The van der Waals surface area contributed by atoms with Gasteiger partial charge in [0.2, 0.25) is 0 Å². The number of hydrogen-bond acceptors (Lipinski definition) is 4. The number of esters is 1. The molecule has 86 valence electrons. The highest BCUT2D eigenvalue weighted by atomic mass is 16.5. The van der Waals surface area contributed by atoms with E-state index in [1.807, 2.05) is 0 Å². The van der Waals surface area contributed by atoms with Crippen molar-refractivity contribution in [1.29, 1.82) is 0 Å². The predicted molar refractivity (Wildman–Crippen MR) is 58.6 cm³/mol. The van der Waals surface area contributed by atoms with Crippen LogP contribution in [0.1, 0.15) is 24.2 Å². The van der Waals surface area contributed by atoms with Gasteiger partial charge in [-0.15, -0.1) is 0 Å². The Bertz CT molecular complexity index is 396. The molecule has 1 rings (SSSR count). The van der Waals surface area contributed by atoms with E-state index in [0.29, 0.717) is 5.75 Å². The summed E-state index contributed by atoms with van der Waals surface area (Å²) in [6.45, 7) is 3.38. The molecule has 1 aromatic rings. The van der Waals surface area contributed by atoms with Crippen LogP contribution in [0.2, 0.25) is 0 Å². The lowest BCUT2D eigenvalue weighted by atomic mass is 10.1. The Morgan fingerprint density at radius 3 is 2.38 bits per heavy atom. The minimum absolute atomic E-state index is 0.218. The van der Waals surface area contributed by atoms with E-state index in [9.17, 15) is 9.59 Å². The summed E-state index contributed by atoms with van der Waals surface area (Å²) in [5.41, 5.74) is 0.218. The third kappa shape index (κ3) is 2.82. The molecule has 0 bridgehead atoms. The Morgan fingerprint density at radius 2 is 1.81 bits per heavy atom. The lowest BCUT2D eigenvalue weighted by molar-refractivity contribution is -0.141. The Kier molecular flexibility index (Phi) is 4.05. The molecule has 4 heteroatoms. The molecule has 0 saturated heterocycles. The Balaban J connectivity index is 2.92. The van der Waals surface area contributed by atoms with Gasteiger partial charge >= 0.3 is 5.97 Å². The second-order valence-corrected chi connectivity index (χ2v) is 3.48. The molecule has 0 atom stereocenters. The van der Waals surface area contributed by atoms with E-state index >= 15 is 0 Å². The lowest BCUT2D eigenvalue weighted by Gasteiger charge is -2.09. The number of benzene rings is 1. The number of ketones is 1. The largest absolute Gasteiger partial charge is 0.496 e. The average molecular weight is 222 g/mol. The Hall–Kier alpha value is -1.84. The maximum atomic E-state index is 11.7. The molecule has 0 aliphatic heterocycles. The van der Waals surface area contributed by atoms with Gasteiger partial charge in [-0.1, -0.05) is 12.1 Å². The topological polar surface area (TPSA) is 52.6 Å². The van der Waals surface area contributed by atoms with Crippen LogP contribution in [0.15, 0.2) is 24.3 Å². The summed E-state index contributed by atoms with van der Waals surface area (Å²) in [4.78, 5) is 23.1. The first-order valence-corrected chi connectivity index (χ1v) is 4.94. The van der Waals surface area contributed by atoms with Crippen molar-refractivity contribution in [2.24, 2.45) is 0 Å². The zero-order chi connectivity index (χ0) is 12.1. The number of hydrogen-bond donors (Lipinski definition) is 0. The normalized spacial score (nSPS) is 10.0. The van der Waals surface area contributed by atoms with Gasteiger partial charge in [-0.3, -0.25) is 4.79 Å². The fourth-order valence-corrected chi connectivity index (χ4v) is 1.21. The van der Waals surface area contributed by atoms with E-state index in [4.69, 9.17) is 9.47 Å². The number of carbonyl (C=O) groups excluding carboxylic acids is 2. The van der Waals surface area contributed by atoms with Crippen LogP contribution in [-0.2, 0) is 9.53 Å². The number of carbonyl (C=O) groups is 2. The van der Waals surface area contributed by atoms with Gasteiger partial charge in [0.05, 0.1) is 18.8 Å². The van der Waals surface area contributed by atoms with Crippen LogP contribution in [-0.4, -0.2) is 25.0 Å². The van der Waals surface area contributed by atoms with Crippen molar-refractivity contribution in [2.45, 2.75) is 20.0 Å². The van der Waals surface area contributed by atoms with Gasteiger partial charge in [0, 0.05) is 0 Å². The van der Waals surface area contributed by atoms with Crippen molar-refractivity contribution in [3.8, 4) is 5.75 Å². The smallest absolute Gasteiger partial charge is 0.380 e. The van der Waals surface area contributed by atoms with Crippen LogP contribution in [0.25, 0.3) is 0 Å². The van der Waals surface area contributed by atoms with E-state index in [-0.39, 0.29) is 11.7 Å². The van der Waals surface area contributed by atoms with Gasteiger partial charge in [-0.25, -0.2) is 4.79 Å². The molecular formula is C12H14O4. The van der Waals surface area contributed by atoms with Crippen LogP contribution in [0.3, 0.4) is 0 Å². The van der Waals surface area contributed by atoms with Crippen molar-refractivity contribution in [2.75, 3.05) is 7.11 Å². The molecule has 0 fully saturated rings. The minimum Gasteiger partial charge on any atom is -0.496 e. The summed E-state index contributed by atoms with van der Waals surface area (Å²) in [5, 5.41) is 0. The highest BCUT2D eigenvalue weighted by Crippen LogP contribution is 2.18. The standard InChI is InChI=1S/C12H14O4/c1-8(2)16-12(14)11(13)9-6-4-5-7-10(9)15-3/h4-8H,1-3H3. The monoisotopic (exact) mass is 222 g/mol. The SMILES string of the molecule is COc1ccccc1C(=O)C(=O)OC(C)C. The molecule has 1 aromatic carbocycles. The number of para-hydroxylation sites is 1. The highest BCUT2D eigenvalue weighted by Gasteiger charge is 2.22. The lowest BCUT2D eigenvalue weighted by Crippen LogP contribution is -2.21. The summed E-state index contributed by atoms with van der Waals surface area (Å²) in [5.74, 6) is -1.18. The molecule has 0 unspecified atom stereocenters. The summed E-state index contributed by atoms with van der Waals surface area (Å²) >= 11 is 0. The molecular weight excluding hydrogens is 208 g/mol. The fourth-order valence-electron chi connectivity index (χ4n) is 1.21. The van der Waals surface area contributed by atoms with Crippen LogP contribution in [0.5, 0.6) is 5.75 Å². The number of rotatable bonds is 4. The molecule has 0 heterocycles. The maximum Gasteiger partial charge on any atom is 0.380 e. The first kappa shape index (κ1) is 12.2. The van der Waals surface area contributed by atoms with E-state index in [1.54, 1.807) is 32.0 Å². The quantitative estimate of drug-likeness (QED) is 0.443. The van der Waals surface area contributed by atoms with Crippen LogP contribution < -0.4 is 4.74 Å². The van der Waals surface area contributed by atoms with Gasteiger partial charge < -0.3 is 9.47 Å². The van der Waals surface area contributed by atoms with Crippen molar-refractivity contribution < 1.29 is 19.1 Å². The Morgan fingerprint density at radius 1 is 1.19 bits per heavy atom. The summed E-state index contributed by atoms with van der Waals surface area (Å²) in [6.07, 6.45) is -0.314. The van der Waals surface area contributed by atoms with Gasteiger partial charge in [0.1, 0.15) is 5.75 Å². The third-order valence-electron chi connectivity index (χ3n) is 1.88. The number of ether oxygens (including phenoxy) is 2. The van der Waals surface area contributed by atoms with E-state index in [0.717, 1.165) is 0 Å². The molecule has 0 aliphatic rings. The van der Waals surface area contributed by atoms with Crippen molar-refractivity contribution in [3.63, 3.8) is 0 Å². The maximum absolute atomic E-state index is 11.7. The second-order valence-electron chi connectivity index (χ2n) is 3.48. The molecule has 0 radical (unpaired) electrons. The summed E-state index contributed by atoms with van der Waals surface area (Å²) < 4.78 is 9.81. The van der Waals surface area contributed by atoms with Gasteiger partial charge in [0.25, 0.3) is 5.78 Å². The first-order valence-electron chi connectivity index (χ1n) is 4.94. The fraction of sp³-hybridized carbons (Fsp3) is 0.333. The highest BCUT2D eigenvalue weighted by molar-refractivity contribution is 6.41. The third-order valence-corrected chi connectivity index (χ3v) is 1.88. The van der Waals surface area contributed by atoms with Crippen molar-refractivity contribution >= 4 is 11.8 Å². The van der Waals surface area contributed by atoms with Crippen molar-refractivity contribution in [3.05, 3.63) is 29.8 Å². The first-order chi connectivity index (χ1) is 7.56. The second kappa shape index (κ2) is 5.30. The molecule has 16 heavy (non-hydrogen) atoms. The van der Waals surface area contributed by atoms with Crippen LogP contribution in [0, 0.1) is 0 Å². The summed E-state index contributed by atoms with van der Waals surface area (Å²) in [7, 11) is 1.44. The molecule has 0 aliphatic carbocycles. The molecule has 4 nitrogen and oxygen atoms in total. The number of methoxy groups -OCH3 is 1. The van der Waals surface area contributed by atoms with Gasteiger partial charge in [-0.2, -0.15) is 0 Å². The predicted octanol–water partition coefficient (Wildman–Crippen LogP) is 1.83. The zero-order valence-corrected chi connectivity index (χ0v) is 9.52. The molecule has 0 N–H and O–H groups in total.